The fourth-order valence-corrected chi connectivity index (χ4v) is 5.45. The Morgan fingerprint density at radius 2 is 1.67 bits per heavy atom. The van der Waals surface area contributed by atoms with Crippen molar-refractivity contribution < 1.29 is 14.4 Å². The molecule has 0 spiro atoms. The molecule has 0 unspecified atom stereocenters. The van der Waals surface area contributed by atoms with Crippen molar-refractivity contribution in [3.63, 3.8) is 0 Å². The molecule has 1 aromatic rings. The third kappa shape index (κ3) is 3.89. The number of urea groups is 1. The van der Waals surface area contributed by atoms with Gasteiger partial charge in [-0.2, -0.15) is 0 Å². The Kier molecular flexibility index (Phi) is 5.97. The van der Waals surface area contributed by atoms with Gasteiger partial charge in [-0.15, -0.1) is 0 Å². The number of rotatable bonds is 3. The molecule has 0 saturated carbocycles. The zero-order chi connectivity index (χ0) is 21.1. The molecule has 7 heteroatoms. The highest BCUT2D eigenvalue weighted by Crippen LogP contribution is 2.45. The lowest BCUT2D eigenvalue weighted by molar-refractivity contribution is -0.144. The quantitative estimate of drug-likeness (QED) is 0.827. The van der Waals surface area contributed by atoms with Crippen LogP contribution in [-0.2, 0) is 16.1 Å². The van der Waals surface area contributed by atoms with E-state index in [2.05, 4.69) is 5.32 Å². The van der Waals surface area contributed by atoms with Crippen molar-refractivity contribution in [3.8, 4) is 0 Å². The molecule has 0 radical (unpaired) electrons. The second kappa shape index (κ2) is 8.66. The van der Waals surface area contributed by atoms with Crippen LogP contribution in [0.15, 0.2) is 30.3 Å². The lowest BCUT2D eigenvalue weighted by atomic mass is 9.75. The van der Waals surface area contributed by atoms with Crippen molar-refractivity contribution in [2.75, 3.05) is 32.7 Å². The lowest BCUT2D eigenvalue weighted by Gasteiger charge is -2.37. The third-order valence-corrected chi connectivity index (χ3v) is 7.11. The van der Waals surface area contributed by atoms with Crippen LogP contribution in [0.2, 0.25) is 0 Å². The second-order valence-corrected chi connectivity index (χ2v) is 8.80. The van der Waals surface area contributed by atoms with Crippen LogP contribution >= 0.6 is 0 Å². The number of carbonyl (C=O) groups is 3. The molecule has 0 bridgehead atoms. The van der Waals surface area contributed by atoms with E-state index in [0.29, 0.717) is 45.4 Å². The molecule has 0 aliphatic carbocycles. The first-order chi connectivity index (χ1) is 14.5. The van der Waals surface area contributed by atoms with E-state index in [9.17, 15) is 14.4 Å². The molecule has 3 aliphatic heterocycles. The minimum absolute atomic E-state index is 0.0260. The highest BCUT2D eigenvalue weighted by Gasteiger charge is 2.55. The van der Waals surface area contributed by atoms with E-state index in [1.54, 1.807) is 6.92 Å². The maximum Gasteiger partial charge on any atom is 0.317 e. The molecule has 30 heavy (non-hydrogen) atoms. The zero-order valence-corrected chi connectivity index (χ0v) is 17.8. The first-order valence-electron chi connectivity index (χ1n) is 11.1. The largest absolute Gasteiger partial charge is 0.342 e. The molecule has 3 heterocycles. The molecule has 4 amide bonds. The van der Waals surface area contributed by atoms with Crippen LogP contribution in [0.5, 0.6) is 0 Å². The Hall–Kier alpha value is -2.57. The number of fused-ring (bicyclic) bond motifs is 1. The van der Waals surface area contributed by atoms with E-state index in [0.717, 1.165) is 31.5 Å². The highest BCUT2D eigenvalue weighted by molar-refractivity contribution is 5.86. The third-order valence-electron chi connectivity index (χ3n) is 7.11. The Labute approximate surface area is 178 Å². The molecule has 3 saturated heterocycles. The average Bonchev–Trinajstić information content (AvgIpc) is 3.38. The van der Waals surface area contributed by atoms with Gasteiger partial charge in [0.1, 0.15) is 0 Å². The van der Waals surface area contributed by atoms with Gasteiger partial charge < -0.3 is 20.0 Å². The fourth-order valence-electron chi connectivity index (χ4n) is 5.45. The summed E-state index contributed by atoms with van der Waals surface area (Å²) in [7, 11) is 0. The minimum atomic E-state index is -0.551. The summed E-state index contributed by atoms with van der Waals surface area (Å²) in [5, 5.41) is 3.00. The van der Waals surface area contributed by atoms with Crippen LogP contribution in [-0.4, -0.2) is 71.3 Å². The number of benzene rings is 1. The summed E-state index contributed by atoms with van der Waals surface area (Å²) in [6.07, 6.45) is 4.08. The van der Waals surface area contributed by atoms with Gasteiger partial charge >= 0.3 is 6.03 Å². The van der Waals surface area contributed by atoms with Gasteiger partial charge in [-0.3, -0.25) is 9.59 Å². The van der Waals surface area contributed by atoms with Crippen molar-refractivity contribution in [2.45, 2.75) is 51.6 Å². The van der Waals surface area contributed by atoms with Gasteiger partial charge in [-0.1, -0.05) is 30.3 Å². The van der Waals surface area contributed by atoms with Gasteiger partial charge in [0.2, 0.25) is 11.8 Å². The number of nitrogens with one attached hydrogen (secondary N) is 1. The molecule has 162 valence electrons. The maximum absolute atomic E-state index is 13.6. The Morgan fingerprint density at radius 3 is 2.37 bits per heavy atom. The van der Waals surface area contributed by atoms with Crippen molar-refractivity contribution in [1.29, 1.82) is 0 Å². The van der Waals surface area contributed by atoms with Crippen LogP contribution in [0.1, 0.15) is 44.6 Å². The average molecular weight is 413 g/mol. The van der Waals surface area contributed by atoms with Gasteiger partial charge in [0.15, 0.2) is 0 Å². The standard InChI is InChI=1S/C23H32N4O3/c1-18(28)27-16-11-23(21(29)25-12-5-6-13-25)10-15-26(14-9-20(23)27)22(30)24-17-19-7-3-2-4-8-19/h2-4,7-8,20H,5-6,9-17H2,1H3,(H,24,30)/t20-,23+/m0/s1. The Bertz CT molecular complexity index is 793. The van der Waals surface area contributed by atoms with E-state index >= 15 is 0 Å². The number of amides is 4. The van der Waals surface area contributed by atoms with E-state index in [4.69, 9.17) is 0 Å². The molecule has 3 aliphatic rings. The summed E-state index contributed by atoms with van der Waals surface area (Å²) in [5.74, 6) is 0.221. The Balaban J connectivity index is 1.48. The Morgan fingerprint density at radius 1 is 0.967 bits per heavy atom. The topological polar surface area (TPSA) is 73.0 Å². The van der Waals surface area contributed by atoms with Crippen molar-refractivity contribution >= 4 is 17.8 Å². The summed E-state index contributed by atoms with van der Waals surface area (Å²) < 4.78 is 0. The van der Waals surface area contributed by atoms with Crippen LogP contribution in [0.3, 0.4) is 0 Å². The monoisotopic (exact) mass is 412 g/mol. The zero-order valence-electron chi connectivity index (χ0n) is 17.8. The van der Waals surface area contributed by atoms with Gasteiger partial charge in [0.05, 0.1) is 5.41 Å². The van der Waals surface area contributed by atoms with E-state index in [1.165, 1.54) is 0 Å². The summed E-state index contributed by atoms with van der Waals surface area (Å²) >= 11 is 0. The molecule has 7 nitrogen and oxygen atoms in total. The number of hydrogen-bond acceptors (Lipinski definition) is 3. The predicted octanol–water partition coefficient (Wildman–Crippen LogP) is 2.22. The summed E-state index contributed by atoms with van der Waals surface area (Å²) in [6.45, 7) is 5.44. The number of nitrogens with zero attached hydrogens (tertiary/aromatic N) is 3. The van der Waals surface area contributed by atoms with Crippen LogP contribution in [0, 0.1) is 5.41 Å². The minimum Gasteiger partial charge on any atom is -0.342 e. The smallest absolute Gasteiger partial charge is 0.317 e. The fraction of sp³-hybridized carbons (Fsp3) is 0.609. The van der Waals surface area contributed by atoms with Crippen LogP contribution in [0.4, 0.5) is 4.79 Å². The first-order valence-corrected chi connectivity index (χ1v) is 11.1. The van der Waals surface area contributed by atoms with E-state index in [-0.39, 0.29) is 23.9 Å². The maximum atomic E-state index is 13.6. The van der Waals surface area contributed by atoms with Gasteiger partial charge in [-0.05, 0) is 37.7 Å². The van der Waals surface area contributed by atoms with E-state index in [1.807, 2.05) is 45.0 Å². The molecule has 1 N–H and O–H groups in total. The summed E-state index contributed by atoms with van der Waals surface area (Å²) in [6, 6.07) is 9.63. The summed E-state index contributed by atoms with van der Waals surface area (Å²) in [5.41, 5.74) is 0.505. The highest BCUT2D eigenvalue weighted by atomic mass is 16.2. The second-order valence-electron chi connectivity index (χ2n) is 8.80. The van der Waals surface area contributed by atoms with E-state index < -0.39 is 5.41 Å². The molecule has 3 fully saturated rings. The number of carbonyl (C=O) groups excluding carboxylic acids is 3. The molecule has 2 atom stereocenters. The SMILES string of the molecule is CC(=O)N1CC[C@]2(C(=O)N3CCCC3)CCN(C(=O)NCc3ccccc3)CC[C@H]12. The molecule has 0 aromatic heterocycles. The molecular formula is C23H32N4O3. The predicted molar refractivity (Wildman–Crippen MR) is 114 cm³/mol. The van der Waals surface area contributed by atoms with Crippen molar-refractivity contribution in [3.05, 3.63) is 35.9 Å². The normalized spacial score (nSPS) is 26.3. The first kappa shape index (κ1) is 20.7. The summed E-state index contributed by atoms with van der Waals surface area (Å²) in [4.78, 5) is 44.4. The van der Waals surface area contributed by atoms with Crippen molar-refractivity contribution in [2.24, 2.45) is 5.41 Å². The van der Waals surface area contributed by atoms with Gasteiger partial charge in [0.25, 0.3) is 0 Å². The molecule has 4 rings (SSSR count). The van der Waals surface area contributed by atoms with Crippen molar-refractivity contribution in [1.82, 2.24) is 20.0 Å². The molecule has 1 aromatic carbocycles. The number of hydrogen-bond donors (Lipinski definition) is 1. The van der Waals surface area contributed by atoms with Gasteiger partial charge in [-0.25, -0.2) is 4.79 Å². The molecular weight excluding hydrogens is 380 g/mol. The lowest BCUT2D eigenvalue weighted by Crippen LogP contribution is -2.51. The number of likely N-dealkylation sites (tertiary alicyclic amines) is 3. The van der Waals surface area contributed by atoms with Gasteiger partial charge in [0, 0.05) is 52.2 Å². The van der Waals surface area contributed by atoms with Crippen LogP contribution < -0.4 is 5.32 Å². The van der Waals surface area contributed by atoms with Crippen LogP contribution in [0.25, 0.3) is 0 Å².